The zero-order chi connectivity index (χ0) is 16.4. The molecule has 1 aromatic carbocycles. The van der Waals surface area contributed by atoms with Crippen LogP contribution < -0.4 is 0 Å². The maximum atomic E-state index is 12.6. The molecule has 2 aromatic rings. The Bertz CT molecular complexity index is 713. The van der Waals surface area contributed by atoms with Crippen molar-refractivity contribution in [3.63, 3.8) is 0 Å². The van der Waals surface area contributed by atoms with Crippen LogP contribution in [0.15, 0.2) is 30.3 Å². The van der Waals surface area contributed by atoms with Crippen molar-refractivity contribution in [2.75, 3.05) is 26.2 Å². The van der Waals surface area contributed by atoms with E-state index in [1.807, 2.05) is 44.2 Å². The van der Waals surface area contributed by atoms with E-state index < -0.39 is 0 Å². The van der Waals surface area contributed by atoms with Gasteiger partial charge in [0.05, 0.1) is 5.69 Å². The largest absolute Gasteiger partial charge is 0.342 e. The lowest BCUT2D eigenvalue weighted by Crippen LogP contribution is -2.48. The van der Waals surface area contributed by atoms with Crippen LogP contribution >= 0.6 is 0 Å². The zero-order valence-electron chi connectivity index (χ0n) is 13.4. The van der Waals surface area contributed by atoms with Crippen molar-refractivity contribution in [2.24, 2.45) is 0 Å². The molecule has 0 N–H and O–H groups in total. The molecule has 0 aliphatic carbocycles. The number of aryl methyl sites for hydroxylation is 2. The molecule has 0 bridgehead atoms. The van der Waals surface area contributed by atoms with Gasteiger partial charge in [-0.15, -0.1) is 0 Å². The second-order valence-electron chi connectivity index (χ2n) is 5.85. The Hall–Kier alpha value is -2.63. The van der Waals surface area contributed by atoms with E-state index in [9.17, 15) is 9.59 Å². The number of hydrogen-bond donors (Lipinski definition) is 0. The van der Waals surface area contributed by atoms with E-state index in [1.54, 1.807) is 14.5 Å². The number of aromatic nitrogens is 2. The number of hydrogen-bond acceptors (Lipinski definition) is 3. The molecule has 0 atom stereocenters. The van der Waals surface area contributed by atoms with Crippen molar-refractivity contribution in [1.82, 2.24) is 19.6 Å². The predicted molar refractivity (Wildman–Crippen MR) is 86.6 cm³/mol. The molecule has 6 heteroatoms. The fraction of sp³-hybridized carbons (Fsp3) is 0.353. The third kappa shape index (κ3) is 3.11. The van der Waals surface area contributed by atoms with E-state index >= 15 is 0 Å². The molecule has 0 spiro atoms. The Balaban J connectivity index is 1.79. The molecular weight excluding hydrogens is 292 g/mol. The third-order valence-corrected chi connectivity index (χ3v) is 4.14. The average molecular weight is 312 g/mol. The van der Waals surface area contributed by atoms with E-state index in [2.05, 4.69) is 5.10 Å². The molecule has 1 aliphatic rings. The summed E-state index contributed by atoms with van der Waals surface area (Å²) in [7, 11) is 0. The van der Waals surface area contributed by atoms with Crippen LogP contribution in [0.4, 0.5) is 0 Å². The maximum Gasteiger partial charge on any atom is 0.274 e. The molecule has 0 unspecified atom stereocenters. The summed E-state index contributed by atoms with van der Waals surface area (Å²) in [5, 5.41) is 4.47. The number of carbonyl (C=O) groups is 2. The summed E-state index contributed by atoms with van der Waals surface area (Å²) in [6, 6.07) is 9.85. The zero-order valence-corrected chi connectivity index (χ0v) is 13.4. The molecular formula is C17H20N4O2. The van der Waals surface area contributed by atoms with Crippen LogP contribution in [-0.2, 0) is 4.79 Å². The van der Waals surface area contributed by atoms with Gasteiger partial charge in [0.1, 0.15) is 0 Å². The molecule has 3 rings (SSSR count). The number of nitrogens with zero attached hydrogens (tertiary/aromatic N) is 4. The lowest BCUT2D eigenvalue weighted by atomic mass is 10.2. The van der Waals surface area contributed by atoms with Crippen LogP contribution in [-0.4, -0.2) is 58.1 Å². The molecule has 0 saturated carbocycles. The lowest BCUT2D eigenvalue weighted by Gasteiger charge is -2.32. The number of rotatable bonds is 3. The Morgan fingerprint density at radius 3 is 2.35 bits per heavy atom. The van der Waals surface area contributed by atoms with Crippen molar-refractivity contribution in [3.05, 3.63) is 47.3 Å². The molecule has 2 heterocycles. The number of amides is 2. The van der Waals surface area contributed by atoms with E-state index in [-0.39, 0.29) is 5.91 Å². The van der Waals surface area contributed by atoms with Gasteiger partial charge < -0.3 is 9.80 Å². The average Bonchev–Trinajstić information content (AvgIpc) is 2.97. The molecule has 120 valence electrons. The van der Waals surface area contributed by atoms with Gasteiger partial charge in [-0.2, -0.15) is 5.10 Å². The fourth-order valence-electron chi connectivity index (χ4n) is 2.72. The Morgan fingerprint density at radius 1 is 1.09 bits per heavy atom. The first-order valence-electron chi connectivity index (χ1n) is 7.71. The minimum absolute atomic E-state index is 0.0792. The van der Waals surface area contributed by atoms with Gasteiger partial charge in [0.25, 0.3) is 5.91 Å². The summed E-state index contributed by atoms with van der Waals surface area (Å²) < 4.78 is 1.79. The minimum atomic E-state index is -0.0792. The summed E-state index contributed by atoms with van der Waals surface area (Å²) in [6.07, 6.45) is 0.831. The summed E-state index contributed by atoms with van der Waals surface area (Å²) in [4.78, 5) is 26.8. The standard InChI is InChI=1S/C17H20N4O2/c1-13-3-5-15(6-4-13)21-14(2)11-16(18-21)17(23)20-9-7-19(12-22)8-10-20/h3-6,11-12H,7-10H2,1-2H3. The van der Waals surface area contributed by atoms with Gasteiger partial charge in [-0.05, 0) is 32.0 Å². The Labute approximate surface area is 135 Å². The summed E-state index contributed by atoms with van der Waals surface area (Å²) in [5.74, 6) is -0.0792. The van der Waals surface area contributed by atoms with Crippen LogP contribution in [0.2, 0.25) is 0 Å². The van der Waals surface area contributed by atoms with Crippen molar-refractivity contribution in [2.45, 2.75) is 13.8 Å². The van der Waals surface area contributed by atoms with Crippen molar-refractivity contribution in [1.29, 1.82) is 0 Å². The SMILES string of the molecule is Cc1ccc(-n2nc(C(=O)N3CCN(C=O)CC3)cc2C)cc1. The summed E-state index contributed by atoms with van der Waals surface area (Å²) in [6.45, 7) is 6.23. The van der Waals surface area contributed by atoms with Crippen molar-refractivity contribution < 1.29 is 9.59 Å². The van der Waals surface area contributed by atoms with Gasteiger partial charge in [0, 0.05) is 31.9 Å². The van der Waals surface area contributed by atoms with Crippen molar-refractivity contribution >= 4 is 12.3 Å². The maximum absolute atomic E-state index is 12.6. The summed E-state index contributed by atoms with van der Waals surface area (Å²) >= 11 is 0. The van der Waals surface area contributed by atoms with E-state index in [1.165, 1.54) is 5.56 Å². The monoisotopic (exact) mass is 312 g/mol. The first-order chi connectivity index (χ1) is 11.1. The lowest BCUT2D eigenvalue weighted by molar-refractivity contribution is -0.119. The van der Waals surface area contributed by atoms with Gasteiger partial charge in [-0.25, -0.2) is 4.68 Å². The van der Waals surface area contributed by atoms with Gasteiger partial charge >= 0.3 is 0 Å². The highest BCUT2D eigenvalue weighted by Gasteiger charge is 2.23. The van der Waals surface area contributed by atoms with Crippen LogP contribution in [0.25, 0.3) is 5.69 Å². The van der Waals surface area contributed by atoms with E-state index in [0.29, 0.717) is 31.9 Å². The Morgan fingerprint density at radius 2 is 1.74 bits per heavy atom. The minimum Gasteiger partial charge on any atom is -0.342 e. The molecule has 0 radical (unpaired) electrons. The van der Waals surface area contributed by atoms with Gasteiger partial charge in [-0.1, -0.05) is 17.7 Å². The highest BCUT2D eigenvalue weighted by Crippen LogP contribution is 2.15. The van der Waals surface area contributed by atoms with E-state index in [0.717, 1.165) is 17.8 Å². The first-order valence-corrected chi connectivity index (χ1v) is 7.71. The second-order valence-corrected chi connectivity index (χ2v) is 5.85. The molecule has 23 heavy (non-hydrogen) atoms. The van der Waals surface area contributed by atoms with Gasteiger partial charge in [0.15, 0.2) is 5.69 Å². The topological polar surface area (TPSA) is 58.4 Å². The Kier molecular flexibility index (Phi) is 4.14. The van der Waals surface area contributed by atoms with Crippen LogP contribution in [0.1, 0.15) is 21.7 Å². The van der Waals surface area contributed by atoms with Crippen LogP contribution in [0.5, 0.6) is 0 Å². The van der Waals surface area contributed by atoms with E-state index in [4.69, 9.17) is 0 Å². The van der Waals surface area contributed by atoms with Crippen LogP contribution in [0, 0.1) is 13.8 Å². The highest BCUT2D eigenvalue weighted by molar-refractivity contribution is 5.92. The molecule has 2 amide bonds. The normalized spacial score (nSPS) is 14.9. The first kappa shape index (κ1) is 15.3. The van der Waals surface area contributed by atoms with Crippen LogP contribution in [0.3, 0.4) is 0 Å². The summed E-state index contributed by atoms with van der Waals surface area (Å²) in [5.41, 5.74) is 3.49. The number of piperazine rings is 1. The molecule has 1 saturated heterocycles. The molecule has 1 aliphatic heterocycles. The quantitative estimate of drug-likeness (QED) is 0.805. The van der Waals surface area contributed by atoms with Crippen molar-refractivity contribution in [3.8, 4) is 5.69 Å². The highest BCUT2D eigenvalue weighted by atomic mass is 16.2. The number of benzene rings is 1. The number of carbonyl (C=O) groups excluding carboxylic acids is 2. The molecule has 1 fully saturated rings. The second kappa shape index (κ2) is 6.24. The van der Waals surface area contributed by atoms with Gasteiger partial charge in [-0.3, -0.25) is 9.59 Å². The predicted octanol–water partition coefficient (Wildman–Crippen LogP) is 1.40. The molecule has 6 nitrogen and oxygen atoms in total. The third-order valence-electron chi connectivity index (χ3n) is 4.14. The molecule has 1 aromatic heterocycles. The van der Waals surface area contributed by atoms with Gasteiger partial charge in [0.2, 0.25) is 6.41 Å². The fourth-order valence-corrected chi connectivity index (χ4v) is 2.72. The smallest absolute Gasteiger partial charge is 0.274 e.